The van der Waals surface area contributed by atoms with Crippen LogP contribution in [0.5, 0.6) is 0 Å². The minimum atomic E-state index is -0.00431. The number of anilines is 2. The number of hydrogen-bond acceptors (Lipinski definition) is 7. The number of nitrogens with two attached hydrogens (primary N) is 1. The Kier molecular flexibility index (Phi) is 3.72. The molecule has 5 N–H and O–H groups in total. The van der Waals surface area contributed by atoms with Gasteiger partial charge in [0.1, 0.15) is 0 Å². The molecule has 2 unspecified atom stereocenters. The fraction of sp³-hybridized carbons (Fsp3) is 0.462. The van der Waals surface area contributed by atoms with E-state index in [9.17, 15) is 5.11 Å². The van der Waals surface area contributed by atoms with Gasteiger partial charge in [0.15, 0.2) is 17.0 Å². The number of nitrogen functional groups attached to an aromatic ring is 1. The molecule has 2 atom stereocenters. The van der Waals surface area contributed by atoms with Crippen molar-refractivity contribution < 1.29 is 10.2 Å². The van der Waals surface area contributed by atoms with Crippen LogP contribution in [0.1, 0.15) is 12.5 Å². The van der Waals surface area contributed by atoms with Gasteiger partial charge >= 0.3 is 0 Å². The molecule has 8 nitrogen and oxygen atoms in total. The molecule has 8 heteroatoms. The summed E-state index contributed by atoms with van der Waals surface area (Å²) >= 11 is 0. The average molecular weight is 290 g/mol. The Morgan fingerprint density at radius 1 is 1.33 bits per heavy atom. The number of nitrogens with one attached hydrogen (secondary N) is 1. The highest BCUT2D eigenvalue weighted by atomic mass is 16.3. The second kappa shape index (κ2) is 5.66. The summed E-state index contributed by atoms with van der Waals surface area (Å²) in [5.41, 5.74) is 7.03. The standard InChI is InChI=1S/C13H18N6O2/c14-13-17-11(15-3-4-20)10-12(18-13)19(7-16-10)9-2-1-8(5-9)6-21/h1-2,7-9,20-21H,3-6H2,(H3,14,15,17,18). The van der Waals surface area contributed by atoms with E-state index in [1.807, 2.05) is 16.7 Å². The lowest BCUT2D eigenvalue weighted by atomic mass is 10.1. The van der Waals surface area contributed by atoms with Crippen molar-refractivity contribution in [2.24, 2.45) is 5.92 Å². The van der Waals surface area contributed by atoms with Crippen LogP contribution in [0, 0.1) is 5.92 Å². The van der Waals surface area contributed by atoms with Crippen LogP contribution in [-0.4, -0.2) is 49.5 Å². The van der Waals surface area contributed by atoms with E-state index >= 15 is 0 Å². The Bertz CT molecular complexity index is 668. The summed E-state index contributed by atoms with van der Waals surface area (Å²) in [7, 11) is 0. The van der Waals surface area contributed by atoms with Crippen LogP contribution in [0.15, 0.2) is 18.5 Å². The second-order valence-corrected chi connectivity index (χ2v) is 5.04. The van der Waals surface area contributed by atoms with Gasteiger partial charge in [-0.15, -0.1) is 0 Å². The van der Waals surface area contributed by atoms with E-state index in [1.165, 1.54) is 0 Å². The van der Waals surface area contributed by atoms with Crippen molar-refractivity contribution in [1.82, 2.24) is 19.5 Å². The summed E-state index contributed by atoms with van der Waals surface area (Å²) in [6.07, 6.45) is 6.57. The fourth-order valence-corrected chi connectivity index (χ4v) is 2.57. The lowest BCUT2D eigenvalue weighted by molar-refractivity contribution is 0.244. The minimum Gasteiger partial charge on any atom is -0.396 e. The van der Waals surface area contributed by atoms with E-state index in [0.29, 0.717) is 23.5 Å². The quantitative estimate of drug-likeness (QED) is 0.568. The number of imidazole rings is 1. The summed E-state index contributed by atoms with van der Waals surface area (Å²) in [6.45, 7) is 0.504. The Labute approximate surface area is 121 Å². The van der Waals surface area contributed by atoms with E-state index in [2.05, 4.69) is 20.3 Å². The van der Waals surface area contributed by atoms with Gasteiger partial charge in [-0.05, 0) is 6.42 Å². The number of allylic oxidation sites excluding steroid dienone is 1. The Morgan fingerprint density at radius 3 is 2.90 bits per heavy atom. The summed E-state index contributed by atoms with van der Waals surface area (Å²) < 4.78 is 1.93. The average Bonchev–Trinajstić information content (AvgIpc) is 3.10. The van der Waals surface area contributed by atoms with Crippen LogP contribution >= 0.6 is 0 Å². The number of aliphatic hydroxyl groups is 2. The van der Waals surface area contributed by atoms with Gasteiger partial charge in [-0.25, -0.2) is 4.98 Å². The monoisotopic (exact) mass is 290 g/mol. The van der Waals surface area contributed by atoms with Crippen LogP contribution in [-0.2, 0) is 0 Å². The third-order valence-electron chi connectivity index (χ3n) is 3.58. The highest BCUT2D eigenvalue weighted by Gasteiger charge is 2.22. The molecule has 0 saturated heterocycles. The molecule has 0 aliphatic heterocycles. The van der Waals surface area contributed by atoms with Crippen molar-refractivity contribution >= 4 is 22.9 Å². The van der Waals surface area contributed by atoms with Crippen molar-refractivity contribution in [3.8, 4) is 0 Å². The summed E-state index contributed by atoms with van der Waals surface area (Å²) in [6, 6.07) is 0.104. The third-order valence-corrected chi connectivity index (χ3v) is 3.58. The van der Waals surface area contributed by atoms with Gasteiger partial charge in [0, 0.05) is 19.1 Å². The van der Waals surface area contributed by atoms with E-state index in [-0.39, 0.29) is 31.1 Å². The molecule has 0 fully saturated rings. The normalized spacial score (nSPS) is 21.2. The summed E-state index contributed by atoms with van der Waals surface area (Å²) in [5.74, 6) is 0.843. The molecule has 1 aliphatic rings. The van der Waals surface area contributed by atoms with Crippen molar-refractivity contribution in [2.75, 3.05) is 30.8 Å². The van der Waals surface area contributed by atoms with Crippen LogP contribution in [0.25, 0.3) is 11.2 Å². The van der Waals surface area contributed by atoms with Crippen molar-refractivity contribution in [3.05, 3.63) is 18.5 Å². The molecule has 2 aromatic rings. The molecule has 0 spiro atoms. The molecule has 112 valence electrons. The molecule has 0 saturated carbocycles. The number of rotatable bonds is 5. The lowest BCUT2D eigenvalue weighted by Gasteiger charge is -2.13. The number of fused-ring (bicyclic) bond motifs is 1. The van der Waals surface area contributed by atoms with Crippen LogP contribution in [0.3, 0.4) is 0 Å². The van der Waals surface area contributed by atoms with Crippen LogP contribution in [0.2, 0.25) is 0 Å². The minimum absolute atomic E-state index is 0.00431. The summed E-state index contributed by atoms with van der Waals surface area (Å²) in [5, 5.41) is 21.1. The smallest absolute Gasteiger partial charge is 0.224 e. The highest BCUT2D eigenvalue weighted by molar-refractivity contribution is 5.84. The molecule has 0 radical (unpaired) electrons. The molecule has 21 heavy (non-hydrogen) atoms. The molecular weight excluding hydrogens is 272 g/mol. The Hall–Kier alpha value is -2.19. The molecule has 0 amide bonds. The predicted molar refractivity (Wildman–Crippen MR) is 78.7 cm³/mol. The van der Waals surface area contributed by atoms with Crippen molar-refractivity contribution in [3.63, 3.8) is 0 Å². The highest BCUT2D eigenvalue weighted by Crippen LogP contribution is 2.31. The van der Waals surface area contributed by atoms with Crippen molar-refractivity contribution in [1.29, 1.82) is 0 Å². The van der Waals surface area contributed by atoms with Gasteiger partial charge in [-0.2, -0.15) is 9.97 Å². The summed E-state index contributed by atoms with van der Waals surface area (Å²) in [4.78, 5) is 12.7. The zero-order valence-corrected chi connectivity index (χ0v) is 11.5. The van der Waals surface area contributed by atoms with E-state index in [4.69, 9.17) is 10.8 Å². The SMILES string of the molecule is Nc1nc(NCCO)c2ncn(C3C=CC(CO)C3)c2n1. The molecule has 0 bridgehead atoms. The van der Waals surface area contributed by atoms with Gasteiger partial charge < -0.3 is 25.8 Å². The van der Waals surface area contributed by atoms with Gasteiger partial charge in [0.25, 0.3) is 0 Å². The third kappa shape index (κ3) is 2.55. The molecule has 3 rings (SSSR count). The largest absolute Gasteiger partial charge is 0.396 e. The van der Waals surface area contributed by atoms with Gasteiger partial charge in [0.05, 0.1) is 19.0 Å². The lowest BCUT2D eigenvalue weighted by Crippen LogP contribution is -2.11. The number of aliphatic hydroxyl groups excluding tert-OH is 2. The van der Waals surface area contributed by atoms with Crippen LogP contribution < -0.4 is 11.1 Å². The maximum atomic E-state index is 9.22. The van der Waals surface area contributed by atoms with Gasteiger partial charge in [-0.3, -0.25) is 0 Å². The Balaban J connectivity index is 1.98. The molecule has 1 aliphatic carbocycles. The first-order valence-electron chi connectivity index (χ1n) is 6.87. The first-order valence-corrected chi connectivity index (χ1v) is 6.87. The number of aromatic nitrogens is 4. The van der Waals surface area contributed by atoms with E-state index < -0.39 is 0 Å². The molecule has 2 heterocycles. The molecular formula is C13H18N6O2. The van der Waals surface area contributed by atoms with E-state index in [0.717, 1.165) is 6.42 Å². The number of hydrogen-bond donors (Lipinski definition) is 4. The van der Waals surface area contributed by atoms with Gasteiger partial charge in [-0.1, -0.05) is 12.2 Å². The predicted octanol–water partition coefficient (Wildman–Crippen LogP) is -0.0778. The van der Waals surface area contributed by atoms with Crippen LogP contribution in [0.4, 0.5) is 11.8 Å². The Morgan fingerprint density at radius 2 is 2.19 bits per heavy atom. The fourth-order valence-electron chi connectivity index (χ4n) is 2.57. The van der Waals surface area contributed by atoms with Gasteiger partial charge in [0.2, 0.25) is 5.95 Å². The van der Waals surface area contributed by atoms with E-state index in [1.54, 1.807) is 6.33 Å². The second-order valence-electron chi connectivity index (χ2n) is 5.04. The molecule has 0 aromatic carbocycles. The maximum absolute atomic E-state index is 9.22. The molecule has 2 aromatic heterocycles. The first-order chi connectivity index (χ1) is 10.2. The topological polar surface area (TPSA) is 122 Å². The zero-order chi connectivity index (χ0) is 14.8. The van der Waals surface area contributed by atoms with Crippen molar-refractivity contribution in [2.45, 2.75) is 12.5 Å². The maximum Gasteiger partial charge on any atom is 0.224 e. The zero-order valence-electron chi connectivity index (χ0n) is 11.5. The number of nitrogens with zero attached hydrogens (tertiary/aromatic N) is 4. The first kappa shape index (κ1) is 13.8.